The van der Waals surface area contributed by atoms with Crippen LogP contribution in [0.2, 0.25) is 6.04 Å². The fraction of sp³-hybridized carbons (Fsp3) is 0.786. The molecular weight excluding hydrogens is 304 g/mol. The van der Waals surface area contributed by atoms with E-state index in [4.69, 9.17) is 18.0 Å². The van der Waals surface area contributed by atoms with Crippen molar-refractivity contribution in [3.8, 4) is 0 Å². The highest BCUT2D eigenvalue weighted by atomic mass is 28.4. The topological polar surface area (TPSA) is 69.3 Å². The van der Waals surface area contributed by atoms with Gasteiger partial charge in [-0.25, -0.2) is 9.80 Å². The van der Waals surface area contributed by atoms with E-state index in [0.717, 1.165) is 25.6 Å². The lowest BCUT2D eigenvalue weighted by Gasteiger charge is -2.26. The Morgan fingerprint density at radius 2 is 1.82 bits per heavy atom. The second kappa shape index (κ2) is 11.7. The Morgan fingerprint density at radius 3 is 2.27 bits per heavy atom. The number of hydrogen-bond donors (Lipinski definition) is 1. The Kier molecular flexibility index (Phi) is 11.3. The van der Waals surface area contributed by atoms with E-state index in [1.54, 1.807) is 28.3 Å². The monoisotopic (exact) mass is 334 g/mol. The van der Waals surface area contributed by atoms with E-state index in [1.807, 2.05) is 0 Å². The van der Waals surface area contributed by atoms with Crippen LogP contribution >= 0.6 is 0 Å². The zero-order valence-corrected chi connectivity index (χ0v) is 15.4. The summed E-state index contributed by atoms with van der Waals surface area (Å²) in [6.07, 6.45) is 0.883. The number of nitrogens with one attached hydrogen (secondary N) is 1. The zero-order chi connectivity index (χ0) is 17.0. The van der Waals surface area contributed by atoms with Crippen LogP contribution in [0.4, 0.5) is 0 Å². The van der Waals surface area contributed by atoms with Gasteiger partial charge in [0.2, 0.25) is 0 Å². The Labute approximate surface area is 134 Å². The average molecular weight is 334 g/mol. The first-order chi connectivity index (χ1) is 10.4. The normalized spacial score (nSPS) is 11.7. The molecule has 0 bridgehead atoms. The van der Waals surface area contributed by atoms with Crippen LogP contribution in [-0.2, 0) is 22.8 Å². The van der Waals surface area contributed by atoms with Crippen LogP contribution in [0.25, 0.3) is 0 Å². The Balaban J connectivity index is 3.97. The summed E-state index contributed by atoms with van der Waals surface area (Å²) in [6, 6.07) is 0.749. The van der Waals surface area contributed by atoms with Crippen molar-refractivity contribution in [2.45, 2.75) is 26.3 Å². The molecular formula is C14H30N2O5Si. The molecule has 22 heavy (non-hydrogen) atoms. The third kappa shape index (κ3) is 8.02. The molecule has 0 rings (SSSR count). The summed E-state index contributed by atoms with van der Waals surface area (Å²) >= 11 is 0. The van der Waals surface area contributed by atoms with Crippen molar-refractivity contribution in [3.05, 3.63) is 12.2 Å². The van der Waals surface area contributed by atoms with Gasteiger partial charge in [0.15, 0.2) is 0 Å². The van der Waals surface area contributed by atoms with Gasteiger partial charge in [-0.3, -0.25) is 5.43 Å². The second-order valence-electron chi connectivity index (χ2n) is 4.80. The molecule has 0 aliphatic rings. The minimum atomic E-state index is -2.50. The number of carbonyl (C=O) groups is 1. The first kappa shape index (κ1) is 21.2. The van der Waals surface area contributed by atoms with Gasteiger partial charge in [0, 0.05) is 52.6 Å². The molecule has 0 fully saturated rings. The quantitative estimate of drug-likeness (QED) is 0.178. The van der Waals surface area contributed by atoms with E-state index in [1.165, 1.54) is 0 Å². The molecule has 0 radical (unpaired) electrons. The summed E-state index contributed by atoms with van der Waals surface area (Å²) in [4.78, 5) is 11.2. The molecule has 8 heteroatoms. The molecule has 0 aliphatic heterocycles. The van der Waals surface area contributed by atoms with Crippen LogP contribution in [0.15, 0.2) is 12.2 Å². The molecule has 7 nitrogen and oxygen atoms in total. The molecule has 0 atom stereocenters. The predicted molar refractivity (Wildman–Crippen MR) is 87.2 cm³/mol. The number of rotatable bonds is 13. The summed E-state index contributed by atoms with van der Waals surface area (Å²) in [5.41, 5.74) is 3.63. The van der Waals surface area contributed by atoms with Gasteiger partial charge < -0.3 is 18.0 Å². The summed E-state index contributed by atoms with van der Waals surface area (Å²) in [5.74, 6) is -0.360. The van der Waals surface area contributed by atoms with Gasteiger partial charge >= 0.3 is 14.8 Å². The number of carbonyl (C=O) groups excluding carboxylic acids is 1. The molecule has 0 aromatic heterocycles. The van der Waals surface area contributed by atoms with Crippen molar-refractivity contribution >= 4 is 14.8 Å². The van der Waals surface area contributed by atoms with Gasteiger partial charge in [-0.15, -0.1) is 0 Å². The van der Waals surface area contributed by atoms with Gasteiger partial charge in [0.25, 0.3) is 0 Å². The van der Waals surface area contributed by atoms with Crippen LogP contribution in [0.3, 0.4) is 0 Å². The molecule has 0 aromatic carbocycles. The van der Waals surface area contributed by atoms with E-state index >= 15 is 0 Å². The molecule has 0 heterocycles. The minimum Gasteiger partial charge on any atom is -0.461 e. The number of esters is 1. The van der Waals surface area contributed by atoms with Gasteiger partial charge in [-0.05, 0) is 13.3 Å². The molecule has 0 saturated heterocycles. The van der Waals surface area contributed by atoms with Crippen LogP contribution in [0.5, 0.6) is 0 Å². The van der Waals surface area contributed by atoms with Crippen LogP contribution in [-0.4, -0.2) is 67.4 Å². The molecule has 0 aliphatic carbocycles. The van der Waals surface area contributed by atoms with E-state index < -0.39 is 8.80 Å². The van der Waals surface area contributed by atoms with Crippen molar-refractivity contribution in [3.63, 3.8) is 0 Å². The van der Waals surface area contributed by atoms with E-state index in [0.29, 0.717) is 18.7 Å². The molecule has 0 spiro atoms. The molecule has 0 saturated carbocycles. The van der Waals surface area contributed by atoms with Gasteiger partial charge in [-0.2, -0.15) is 0 Å². The summed E-state index contributed by atoms with van der Waals surface area (Å²) < 4.78 is 21.2. The first-order valence-electron chi connectivity index (χ1n) is 7.41. The Morgan fingerprint density at radius 1 is 1.23 bits per heavy atom. The van der Waals surface area contributed by atoms with Crippen molar-refractivity contribution in [1.82, 2.24) is 10.4 Å². The van der Waals surface area contributed by atoms with Crippen molar-refractivity contribution in [2.75, 3.05) is 47.6 Å². The highest BCUT2D eigenvalue weighted by Crippen LogP contribution is 2.14. The summed E-state index contributed by atoms with van der Waals surface area (Å²) in [7, 11) is 2.35. The summed E-state index contributed by atoms with van der Waals surface area (Å²) in [6.45, 7) is 9.77. The zero-order valence-electron chi connectivity index (χ0n) is 14.4. The van der Waals surface area contributed by atoms with Crippen LogP contribution in [0.1, 0.15) is 20.3 Å². The maximum absolute atomic E-state index is 11.2. The molecule has 130 valence electrons. The van der Waals surface area contributed by atoms with Gasteiger partial charge in [0.1, 0.15) is 6.61 Å². The summed E-state index contributed by atoms with van der Waals surface area (Å²) in [5, 5.41) is 2.06. The van der Waals surface area contributed by atoms with E-state index in [-0.39, 0.29) is 5.97 Å². The van der Waals surface area contributed by atoms with Crippen molar-refractivity contribution in [1.29, 1.82) is 0 Å². The molecule has 0 aromatic rings. The lowest BCUT2D eigenvalue weighted by molar-refractivity contribution is -0.139. The fourth-order valence-corrected chi connectivity index (χ4v) is 3.57. The maximum atomic E-state index is 11.2. The number of ether oxygens (including phenoxy) is 1. The van der Waals surface area contributed by atoms with Gasteiger partial charge in [-0.1, -0.05) is 13.5 Å². The third-order valence-electron chi connectivity index (χ3n) is 3.24. The lowest BCUT2D eigenvalue weighted by Crippen LogP contribution is -2.45. The number of hydrogen-bond acceptors (Lipinski definition) is 7. The third-order valence-corrected chi connectivity index (χ3v) is 6.08. The Hall–Kier alpha value is -0.773. The van der Waals surface area contributed by atoms with Crippen molar-refractivity contribution in [2.24, 2.45) is 0 Å². The fourth-order valence-electron chi connectivity index (χ4n) is 1.86. The highest BCUT2D eigenvalue weighted by molar-refractivity contribution is 6.60. The number of hydrazine groups is 1. The standard InChI is InChI=1S/C14H30N2O5Si/c1-7-16(15-9-11-21-14(17)13(2)3)10-8-12-22(18-4,19-5)20-6/h15H,2,7-12H2,1,3-6H3. The maximum Gasteiger partial charge on any atom is 0.500 e. The minimum absolute atomic E-state index is 0.315. The largest absolute Gasteiger partial charge is 0.500 e. The molecule has 0 amide bonds. The smallest absolute Gasteiger partial charge is 0.461 e. The first-order valence-corrected chi connectivity index (χ1v) is 9.34. The second-order valence-corrected chi connectivity index (χ2v) is 7.89. The highest BCUT2D eigenvalue weighted by Gasteiger charge is 2.36. The Bertz CT molecular complexity index is 329. The van der Waals surface area contributed by atoms with E-state index in [9.17, 15) is 4.79 Å². The number of nitrogens with zero attached hydrogens (tertiary/aromatic N) is 1. The SMILES string of the molecule is C=C(C)C(=O)OCCNN(CC)CCC[Si](OC)(OC)OC. The van der Waals surface area contributed by atoms with Gasteiger partial charge in [0.05, 0.1) is 0 Å². The molecule has 0 unspecified atom stereocenters. The average Bonchev–Trinajstić information content (AvgIpc) is 2.53. The van der Waals surface area contributed by atoms with Crippen molar-refractivity contribution < 1.29 is 22.8 Å². The van der Waals surface area contributed by atoms with E-state index in [2.05, 4.69) is 23.9 Å². The van der Waals surface area contributed by atoms with Crippen LogP contribution < -0.4 is 5.43 Å². The van der Waals surface area contributed by atoms with Crippen LogP contribution in [0, 0.1) is 0 Å². The lowest BCUT2D eigenvalue weighted by atomic mass is 10.4. The predicted octanol–water partition coefficient (Wildman–Crippen LogP) is 1.20. The molecule has 1 N–H and O–H groups in total.